The van der Waals surface area contributed by atoms with Crippen LogP contribution in [0, 0.1) is 0 Å². The van der Waals surface area contributed by atoms with Crippen molar-refractivity contribution in [3.05, 3.63) is 83.9 Å². The molecule has 39 heavy (non-hydrogen) atoms. The zero-order valence-corrected chi connectivity index (χ0v) is 22.4. The Morgan fingerprint density at radius 1 is 1.05 bits per heavy atom. The fourth-order valence-electron chi connectivity index (χ4n) is 4.50. The van der Waals surface area contributed by atoms with Gasteiger partial charge in [0.1, 0.15) is 11.4 Å². The third kappa shape index (κ3) is 6.17. The molecule has 0 unspecified atom stereocenters. The first kappa shape index (κ1) is 27.6. The molecule has 0 bridgehead atoms. The van der Waals surface area contributed by atoms with Crippen LogP contribution in [-0.2, 0) is 21.4 Å². The molecule has 0 saturated heterocycles. The lowest BCUT2D eigenvalue weighted by Gasteiger charge is -2.38. The largest absolute Gasteiger partial charge is 0.496 e. The van der Waals surface area contributed by atoms with E-state index in [1.807, 2.05) is 56.3 Å². The maximum absolute atomic E-state index is 13.5. The summed E-state index contributed by atoms with van der Waals surface area (Å²) in [5, 5.41) is 2.80. The molecule has 5 N–H and O–H groups in total. The number of nitrogens with two attached hydrogens (primary N) is 2. The maximum atomic E-state index is 13.5. The normalized spacial score (nSPS) is 15.6. The molecule has 0 aliphatic carbocycles. The SMILES string of the molecule is COc1ccccc1[C@H](Cc1ccc(N2C(N)=NC(N)=NC2(C)C)cc1)C(=O)Nc1ccc(S(=O)(=O)F)cc1. The Balaban J connectivity index is 1.62. The molecule has 1 heterocycles. The van der Waals surface area contributed by atoms with Gasteiger partial charge in [-0.25, -0.2) is 4.99 Å². The van der Waals surface area contributed by atoms with Crippen molar-refractivity contribution in [3.63, 3.8) is 0 Å². The molecule has 0 spiro atoms. The number of nitrogens with one attached hydrogen (secondary N) is 1. The van der Waals surface area contributed by atoms with Crippen LogP contribution in [0.1, 0.15) is 30.9 Å². The van der Waals surface area contributed by atoms with E-state index in [-0.39, 0.29) is 17.8 Å². The Morgan fingerprint density at radius 2 is 1.69 bits per heavy atom. The van der Waals surface area contributed by atoms with Gasteiger partial charge in [-0.15, -0.1) is 3.89 Å². The van der Waals surface area contributed by atoms with E-state index in [1.165, 1.54) is 19.2 Å². The number of amides is 1. The summed E-state index contributed by atoms with van der Waals surface area (Å²) >= 11 is 0. The van der Waals surface area contributed by atoms with E-state index in [1.54, 1.807) is 11.0 Å². The number of hydrogen-bond acceptors (Lipinski definition) is 9. The van der Waals surface area contributed by atoms with E-state index < -0.39 is 26.7 Å². The number of methoxy groups -OCH3 is 1. The molecule has 3 aromatic rings. The molecule has 3 aromatic carbocycles. The summed E-state index contributed by atoms with van der Waals surface area (Å²) in [4.78, 5) is 23.2. The number of aliphatic imine (C=N–C) groups is 2. The summed E-state index contributed by atoms with van der Waals surface area (Å²) < 4.78 is 41.0. The van der Waals surface area contributed by atoms with Crippen molar-refractivity contribution < 1.29 is 21.8 Å². The monoisotopic (exact) mass is 552 g/mol. The van der Waals surface area contributed by atoms with E-state index in [0.717, 1.165) is 23.4 Å². The van der Waals surface area contributed by atoms with Gasteiger partial charge in [0.05, 0.1) is 17.9 Å². The summed E-state index contributed by atoms with van der Waals surface area (Å²) in [5.74, 6) is -0.144. The highest BCUT2D eigenvalue weighted by Crippen LogP contribution is 2.32. The van der Waals surface area contributed by atoms with Gasteiger partial charge in [-0.3, -0.25) is 9.69 Å². The minimum absolute atomic E-state index is 0.108. The van der Waals surface area contributed by atoms with E-state index in [0.29, 0.717) is 23.4 Å². The molecule has 0 saturated carbocycles. The number of guanidine groups is 2. The standard InChI is InChI=1S/C27H29FN6O4S/c1-27(2)33-25(29)32-26(30)34(27)19-12-8-17(9-13-19)16-22(21-6-4-5-7-23(21)38-3)24(35)31-18-10-14-20(15-11-18)39(28,36)37/h4-15,22H,16H2,1-3H3,(H,31,35)(H4,29,30,32,33)/t22-/m0/s1. The van der Waals surface area contributed by atoms with Gasteiger partial charge in [0.25, 0.3) is 0 Å². The highest BCUT2D eigenvalue weighted by molar-refractivity contribution is 7.86. The molecule has 10 nitrogen and oxygen atoms in total. The molecule has 0 aromatic heterocycles. The third-order valence-electron chi connectivity index (χ3n) is 6.26. The average Bonchev–Trinajstić information content (AvgIpc) is 2.86. The molecular weight excluding hydrogens is 523 g/mol. The average molecular weight is 553 g/mol. The summed E-state index contributed by atoms with van der Waals surface area (Å²) in [6.07, 6.45) is 0.321. The van der Waals surface area contributed by atoms with Gasteiger partial charge >= 0.3 is 10.2 Å². The number of nitrogens with zero attached hydrogens (tertiary/aromatic N) is 3. The van der Waals surface area contributed by atoms with Crippen molar-refractivity contribution in [1.29, 1.82) is 0 Å². The lowest BCUT2D eigenvalue weighted by Crippen LogP contribution is -2.54. The smallest absolute Gasteiger partial charge is 0.332 e. The molecule has 1 atom stereocenters. The van der Waals surface area contributed by atoms with Gasteiger partial charge in [0.2, 0.25) is 17.8 Å². The second-order valence-corrected chi connectivity index (χ2v) is 10.7. The lowest BCUT2D eigenvalue weighted by molar-refractivity contribution is -0.117. The number of benzene rings is 3. The number of hydrogen-bond donors (Lipinski definition) is 3. The second kappa shape index (κ2) is 10.7. The van der Waals surface area contributed by atoms with Crippen molar-refractivity contribution in [1.82, 2.24) is 0 Å². The zero-order valence-electron chi connectivity index (χ0n) is 21.6. The van der Waals surface area contributed by atoms with Crippen LogP contribution in [0.3, 0.4) is 0 Å². The molecule has 0 fully saturated rings. The molecule has 1 amide bonds. The first-order valence-corrected chi connectivity index (χ1v) is 13.3. The molecule has 1 aliphatic rings. The fourth-order valence-corrected chi connectivity index (χ4v) is 4.96. The highest BCUT2D eigenvalue weighted by Gasteiger charge is 2.33. The first-order chi connectivity index (χ1) is 18.4. The highest BCUT2D eigenvalue weighted by atomic mass is 32.3. The predicted molar refractivity (Wildman–Crippen MR) is 149 cm³/mol. The van der Waals surface area contributed by atoms with Gasteiger partial charge in [0.15, 0.2) is 0 Å². The summed E-state index contributed by atoms with van der Waals surface area (Å²) in [6, 6.07) is 19.6. The van der Waals surface area contributed by atoms with E-state index in [9.17, 15) is 17.1 Å². The van der Waals surface area contributed by atoms with Crippen LogP contribution in [0.4, 0.5) is 15.3 Å². The van der Waals surface area contributed by atoms with Crippen molar-refractivity contribution in [2.45, 2.75) is 36.7 Å². The summed E-state index contributed by atoms with van der Waals surface area (Å²) in [7, 11) is -3.32. The number of ether oxygens (including phenoxy) is 1. The van der Waals surface area contributed by atoms with Crippen LogP contribution in [0.15, 0.2) is 87.7 Å². The predicted octanol–water partition coefficient (Wildman–Crippen LogP) is 3.50. The van der Waals surface area contributed by atoms with Crippen LogP contribution in [0.5, 0.6) is 5.75 Å². The Bertz CT molecular complexity index is 1540. The van der Waals surface area contributed by atoms with Crippen molar-refractivity contribution in [3.8, 4) is 5.75 Å². The van der Waals surface area contributed by atoms with Crippen LogP contribution in [0.25, 0.3) is 0 Å². The van der Waals surface area contributed by atoms with E-state index in [4.69, 9.17) is 16.2 Å². The zero-order chi connectivity index (χ0) is 28.4. The van der Waals surface area contributed by atoms with Crippen LogP contribution in [0.2, 0.25) is 0 Å². The van der Waals surface area contributed by atoms with E-state index in [2.05, 4.69) is 15.3 Å². The third-order valence-corrected chi connectivity index (χ3v) is 7.10. The Kier molecular flexibility index (Phi) is 7.59. The molecular formula is C27H29FN6O4S. The number of carbonyl (C=O) groups excluding carboxylic acids is 1. The minimum atomic E-state index is -4.84. The summed E-state index contributed by atoms with van der Waals surface area (Å²) in [6.45, 7) is 3.74. The topological polar surface area (TPSA) is 152 Å². The second-order valence-electron chi connectivity index (χ2n) is 9.39. The first-order valence-electron chi connectivity index (χ1n) is 12.0. The van der Waals surface area contributed by atoms with E-state index >= 15 is 0 Å². The molecule has 4 rings (SSSR count). The molecule has 204 valence electrons. The van der Waals surface area contributed by atoms with Gasteiger partial charge in [0, 0.05) is 16.9 Å². The Morgan fingerprint density at radius 3 is 2.28 bits per heavy atom. The lowest BCUT2D eigenvalue weighted by atomic mass is 9.90. The fraction of sp³-hybridized carbons (Fsp3) is 0.222. The number of para-hydroxylation sites is 1. The van der Waals surface area contributed by atoms with Crippen molar-refractivity contribution >= 4 is 39.4 Å². The summed E-state index contributed by atoms with van der Waals surface area (Å²) in [5.41, 5.74) is 13.8. The van der Waals surface area contributed by atoms with Crippen LogP contribution >= 0.6 is 0 Å². The van der Waals surface area contributed by atoms with Crippen molar-refractivity contribution in [2.24, 2.45) is 21.5 Å². The van der Waals surface area contributed by atoms with Crippen LogP contribution < -0.4 is 26.4 Å². The van der Waals surface area contributed by atoms with Crippen LogP contribution in [-0.4, -0.2) is 39.0 Å². The molecule has 0 radical (unpaired) electrons. The minimum Gasteiger partial charge on any atom is -0.496 e. The number of anilines is 2. The van der Waals surface area contributed by atoms with Gasteiger partial charge < -0.3 is 21.5 Å². The number of carbonyl (C=O) groups is 1. The number of rotatable bonds is 8. The van der Waals surface area contributed by atoms with Gasteiger partial charge in [-0.1, -0.05) is 30.3 Å². The van der Waals surface area contributed by atoms with Gasteiger partial charge in [-0.2, -0.15) is 13.4 Å². The number of halogens is 1. The Hall–Kier alpha value is -4.45. The van der Waals surface area contributed by atoms with Crippen molar-refractivity contribution in [2.75, 3.05) is 17.3 Å². The molecule has 1 aliphatic heterocycles. The van der Waals surface area contributed by atoms with Gasteiger partial charge in [-0.05, 0) is 68.3 Å². The quantitative estimate of drug-likeness (QED) is 0.362. The maximum Gasteiger partial charge on any atom is 0.332 e. The molecule has 12 heteroatoms. The Labute approximate surface area is 226 Å².